The number of hydrogen-bond donors (Lipinski definition) is 1. The molecule has 0 aliphatic carbocycles. The van der Waals surface area contributed by atoms with Gasteiger partial charge in [-0.05, 0) is 47.9 Å². The Bertz CT molecular complexity index is 1340. The number of anilines is 1. The molecule has 1 aliphatic heterocycles. The topological polar surface area (TPSA) is 80.1 Å². The predicted octanol–water partition coefficient (Wildman–Crippen LogP) is 4.28. The van der Waals surface area contributed by atoms with Crippen molar-refractivity contribution >= 4 is 17.5 Å². The first-order valence-corrected chi connectivity index (χ1v) is 11.2. The number of hydrogen-bond acceptors (Lipinski definition) is 4. The highest BCUT2D eigenvalue weighted by molar-refractivity contribution is 6.04. The molecule has 7 heteroatoms. The average Bonchev–Trinajstić information content (AvgIpc) is 3.26. The molecule has 4 aromatic rings. The summed E-state index contributed by atoms with van der Waals surface area (Å²) in [6.07, 6.45) is 5.43. The zero-order valence-corrected chi connectivity index (χ0v) is 19.1. The first-order valence-electron chi connectivity index (χ1n) is 11.2. The van der Waals surface area contributed by atoms with Gasteiger partial charge in [0, 0.05) is 55.3 Å². The smallest absolute Gasteiger partial charge is 0.274 e. The lowest BCUT2D eigenvalue weighted by Gasteiger charge is -2.39. The van der Waals surface area contributed by atoms with E-state index in [4.69, 9.17) is 0 Å². The second-order valence-electron chi connectivity index (χ2n) is 8.63. The van der Waals surface area contributed by atoms with Crippen molar-refractivity contribution in [3.05, 3.63) is 102 Å². The number of aryl methyl sites for hydroxylation is 2. The number of nitrogens with one attached hydrogen (secondary N) is 1. The highest BCUT2D eigenvalue weighted by Gasteiger charge is 2.32. The van der Waals surface area contributed by atoms with E-state index in [0.29, 0.717) is 36.0 Å². The van der Waals surface area contributed by atoms with Crippen LogP contribution in [0.5, 0.6) is 0 Å². The van der Waals surface area contributed by atoms with Crippen LogP contribution in [-0.2, 0) is 7.05 Å². The van der Waals surface area contributed by atoms with E-state index in [0.717, 1.165) is 16.7 Å². The third-order valence-electron chi connectivity index (χ3n) is 6.22. The molecule has 1 N–H and O–H groups in total. The first-order chi connectivity index (χ1) is 16.5. The Labute approximate surface area is 198 Å². The van der Waals surface area contributed by atoms with Crippen molar-refractivity contribution in [1.82, 2.24) is 19.7 Å². The fourth-order valence-corrected chi connectivity index (χ4v) is 4.13. The molecule has 34 heavy (non-hydrogen) atoms. The summed E-state index contributed by atoms with van der Waals surface area (Å²) in [6, 6.07) is 19.1. The molecule has 0 unspecified atom stereocenters. The van der Waals surface area contributed by atoms with E-state index in [9.17, 15) is 9.59 Å². The normalized spacial score (nSPS) is 13.4. The van der Waals surface area contributed by atoms with E-state index in [1.54, 1.807) is 35.1 Å². The van der Waals surface area contributed by atoms with E-state index < -0.39 is 0 Å². The zero-order valence-electron chi connectivity index (χ0n) is 19.1. The van der Waals surface area contributed by atoms with Gasteiger partial charge in [-0.15, -0.1) is 0 Å². The van der Waals surface area contributed by atoms with Crippen LogP contribution in [-0.4, -0.2) is 44.6 Å². The predicted molar refractivity (Wildman–Crippen MR) is 131 cm³/mol. The fourth-order valence-electron chi connectivity index (χ4n) is 4.13. The summed E-state index contributed by atoms with van der Waals surface area (Å²) in [5.41, 5.74) is 5.84. The Morgan fingerprint density at radius 1 is 1.00 bits per heavy atom. The minimum atomic E-state index is -0.299. The molecule has 0 bridgehead atoms. The number of rotatable bonds is 5. The maximum absolute atomic E-state index is 13.1. The van der Waals surface area contributed by atoms with Crippen LogP contribution in [0.3, 0.4) is 0 Å². The maximum atomic E-state index is 13.1. The number of carbonyl (C=O) groups is 2. The van der Waals surface area contributed by atoms with Crippen molar-refractivity contribution < 1.29 is 9.59 Å². The van der Waals surface area contributed by atoms with Gasteiger partial charge >= 0.3 is 0 Å². The van der Waals surface area contributed by atoms with Crippen LogP contribution < -0.4 is 5.32 Å². The Balaban J connectivity index is 1.23. The van der Waals surface area contributed by atoms with Crippen LogP contribution in [0.4, 0.5) is 5.69 Å². The zero-order chi connectivity index (χ0) is 23.7. The summed E-state index contributed by atoms with van der Waals surface area (Å²) < 4.78 is 1.79. The maximum Gasteiger partial charge on any atom is 0.274 e. The lowest BCUT2D eigenvalue weighted by molar-refractivity contribution is 0.0602. The average molecular weight is 452 g/mol. The van der Waals surface area contributed by atoms with Gasteiger partial charge < -0.3 is 10.2 Å². The van der Waals surface area contributed by atoms with Crippen molar-refractivity contribution in [3.63, 3.8) is 0 Å². The molecule has 170 valence electrons. The number of pyridine rings is 1. The van der Waals surface area contributed by atoms with Crippen LogP contribution >= 0.6 is 0 Å². The van der Waals surface area contributed by atoms with Gasteiger partial charge in [-0.25, -0.2) is 0 Å². The van der Waals surface area contributed by atoms with Crippen molar-refractivity contribution in [2.45, 2.75) is 12.8 Å². The minimum absolute atomic E-state index is 0.0310. The summed E-state index contributed by atoms with van der Waals surface area (Å²) >= 11 is 0. The Morgan fingerprint density at radius 2 is 1.79 bits per heavy atom. The molecule has 2 aromatic heterocycles. The molecule has 2 aromatic carbocycles. The van der Waals surface area contributed by atoms with Crippen LogP contribution in [0.2, 0.25) is 0 Å². The molecule has 5 rings (SSSR count). The second-order valence-corrected chi connectivity index (χ2v) is 8.63. The summed E-state index contributed by atoms with van der Waals surface area (Å²) in [7, 11) is 1.91. The Kier molecular flexibility index (Phi) is 5.67. The SMILES string of the molecule is Cc1ccc(C(=O)N2CC(c3ccc(-c4cnn(C)c4)cc3)C2)cc1NC(=O)c1ccccn1. The van der Waals surface area contributed by atoms with Crippen molar-refractivity contribution in [3.8, 4) is 11.1 Å². The number of aromatic nitrogens is 3. The third-order valence-corrected chi connectivity index (χ3v) is 6.22. The van der Waals surface area contributed by atoms with E-state index in [2.05, 4.69) is 39.7 Å². The molecule has 1 saturated heterocycles. The molecule has 1 fully saturated rings. The molecule has 2 amide bonds. The summed E-state index contributed by atoms with van der Waals surface area (Å²) in [5, 5.41) is 7.10. The lowest BCUT2D eigenvalue weighted by atomic mass is 9.90. The van der Waals surface area contributed by atoms with Gasteiger partial charge in [0.15, 0.2) is 0 Å². The molecular formula is C27H25N5O2. The number of benzene rings is 2. The molecule has 0 saturated carbocycles. The Morgan fingerprint density at radius 3 is 2.47 bits per heavy atom. The van der Waals surface area contributed by atoms with Crippen molar-refractivity contribution in [2.75, 3.05) is 18.4 Å². The van der Waals surface area contributed by atoms with Crippen molar-refractivity contribution in [2.24, 2.45) is 7.05 Å². The van der Waals surface area contributed by atoms with Gasteiger partial charge in [0.1, 0.15) is 5.69 Å². The molecular weight excluding hydrogens is 426 g/mol. The van der Waals surface area contributed by atoms with Gasteiger partial charge in [0.2, 0.25) is 0 Å². The molecule has 1 aliphatic rings. The number of likely N-dealkylation sites (tertiary alicyclic amines) is 1. The number of nitrogens with zero attached hydrogens (tertiary/aromatic N) is 4. The second kappa shape index (κ2) is 8.94. The van der Waals surface area contributed by atoms with Gasteiger partial charge in [-0.1, -0.05) is 36.4 Å². The van der Waals surface area contributed by atoms with Gasteiger partial charge in [-0.2, -0.15) is 5.10 Å². The first kappa shape index (κ1) is 21.6. The summed E-state index contributed by atoms with van der Waals surface area (Å²) in [5.74, 6) is -0.00992. The lowest BCUT2D eigenvalue weighted by Crippen LogP contribution is -2.48. The summed E-state index contributed by atoms with van der Waals surface area (Å²) in [6.45, 7) is 3.25. The highest BCUT2D eigenvalue weighted by Crippen LogP contribution is 2.31. The van der Waals surface area contributed by atoms with Gasteiger partial charge in [-0.3, -0.25) is 19.3 Å². The minimum Gasteiger partial charge on any atom is -0.337 e. The largest absolute Gasteiger partial charge is 0.337 e. The standard InChI is InChI=1S/C27H25N5O2/c1-18-6-7-21(13-25(18)30-26(33)24-5-3-4-12-28-24)27(34)32-16-23(17-32)20-10-8-19(9-11-20)22-14-29-31(2)15-22/h3-15,23H,16-17H2,1-2H3,(H,30,33). The van der Waals surface area contributed by atoms with Gasteiger partial charge in [0.25, 0.3) is 11.8 Å². The van der Waals surface area contributed by atoms with E-state index >= 15 is 0 Å². The van der Waals surface area contributed by atoms with E-state index in [-0.39, 0.29) is 11.8 Å². The number of amides is 2. The molecule has 0 atom stereocenters. The van der Waals surface area contributed by atoms with E-state index in [1.165, 1.54) is 5.56 Å². The monoisotopic (exact) mass is 451 g/mol. The van der Waals surface area contributed by atoms with Crippen molar-refractivity contribution in [1.29, 1.82) is 0 Å². The van der Waals surface area contributed by atoms with E-state index in [1.807, 2.05) is 43.4 Å². The quantitative estimate of drug-likeness (QED) is 0.491. The van der Waals surface area contributed by atoms with Crippen LogP contribution in [0.15, 0.2) is 79.3 Å². The molecule has 3 heterocycles. The number of carbonyl (C=O) groups excluding carboxylic acids is 2. The van der Waals surface area contributed by atoms with Crippen LogP contribution in [0, 0.1) is 6.92 Å². The highest BCUT2D eigenvalue weighted by atomic mass is 16.2. The van der Waals surface area contributed by atoms with Crippen LogP contribution in [0.25, 0.3) is 11.1 Å². The molecule has 7 nitrogen and oxygen atoms in total. The fraction of sp³-hybridized carbons (Fsp3) is 0.185. The molecule has 0 radical (unpaired) electrons. The van der Waals surface area contributed by atoms with Gasteiger partial charge in [0.05, 0.1) is 6.20 Å². The molecule has 0 spiro atoms. The summed E-state index contributed by atoms with van der Waals surface area (Å²) in [4.78, 5) is 31.5. The third kappa shape index (κ3) is 4.32. The van der Waals surface area contributed by atoms with Crippen LogP contribution in [0.1, 0.15) is 37.9 Å². The Hall–Kier alpha value is -4.26.